The van der Waals surface area contributed by atoms with E-state index in [0.717, 1.165) is 10.4 Å². The number of halogens is 4. The molecule has 3 aromatic carbocycles. The summed E-state index contributed by atoms with van der Waals surface area (Å²) in [5, 5.41) is 1.81. The van der Waals surface area contributed by atoms with Gasteiger partial charge in [0.05, 0.1) is 29.1 Å². The summed E-state index contributed by atoms with van der Waals surface area (Å²) < 4.78 is 72.5. The van der Waals surface area contributed by atoms with E-state index in [0.29, 0.717) is 22.9 Å². The third-order valence-corrected chi connectivity index (χ3v) is 7.20. The zero-order chi connectivity index (χ0) is 25.8. The summed E-state index contributed by atoms with van der Waals surface area (Å²) in [6, 6.07) is 15.8. The SMILES string of the molecule is COc1ccc(S(=O)(=O)N(CC(=O)Nc2ccc(Cl)c(C(F)(F)F)c2)Cc2ccccc2)cc1C. The van der Waals surface area contributed by atoms with Crippen molar-refractivity contribution >= 4 is 33.2 Å². The number of anilines is 1. The van der Waals surface area contributed by atoms with E-state index >= 15 is 0 Å². The van der Waals surface area contributed by atoms with Gasteiger partial charge in [0.2, 0.25) is 15.9 Å². The Labute approximate surface area is 206 Å². The number of sulfonamides is 1. The molecular formula is C24H22ClF3N2O4S. The summed E-state index contributed by atoms with van der Waals surface area (Å²) >= 11 is 5.62. The van der Waals surface area contributed by atoms with E-state index in [-0.39, 0.29) is 17.1 Å². The van der Waals surface area contributed by atoms with E-state index in [9.17, 15) is 26.4 Å². The van der Waals surface area contributed by atoms with E-state index in [2.05, 4.69) is 5.32 Å². The van der Waals surface area contributed by atoms with E-state index in [1.807, 2.05) is 0 Å². The molecule has 0 atom stereocenters. The standard InChI is InChI=1S/C24H22ClF3N2O4S/c1-16-12-19(9-11-22(16)34-2)35(32,33)30(14-17-6-4-3-5-7-17)15-23(31)29-18-8-10-21(25)20(13-18)24(26,27)28/h3-13H,14-15H2,1-2H3,(H,29,31). The molecule has 1 amide bonds. The van der Waals surface area contributed by atoms with Gasteiger partial charge in [-0.25, -0.2) is 8.42 Å². The van der Waals surface area contributed by atoms with Gasteiger partial charge >= 0.3 is 6.18 Å². The summed E-state index contributed by atoms with van der Waals surface area (Å²) in [5.41, 5.74) is -0.0676. The fraction of sp³-hybridized carbons (Fsp3) is 0.208. The van der Waals surface area contributed by atoms with Crippen LogP contribution in [0.2, 0.25) is 5.02 Å². The van der Waals surface area contributed by atoms with Gasteiger partial charge in [0.15, 0.2) is 0 Å². The predicted octanol–water partition coefficient (Wildman–Crippen LogP) is 5.51. The topological polar surface area (TPSA) is 75.7 Å². The molecule has 0 fully saturated rings. The molecule has 3 rings (SSSR count). The molecule has 1 N–H and O–H groups in total. The average molecular weight is 527 g/mol. The zero-order valence-corrected chi connectivity index (χ0v) is 20.3. The smallest absolute Gasteiger partial charge is 0.417 e. The third kappa shape index (κ3) is 6.53. The second-order valence-electron chi connectivity index (χ2n) is 7.63. The summed E-state index contributed by atoms with van der Waals surface area (Å²) in [7, 11) is -2.69. The van der Waals surface area contributed by atoms with Gasteiger partial charge in [0.25, 0.3) is 0 Å². The number of hydrogen-bond acceptors (Lipinski definition) is 4. The lowest BCUT2D eigenvalue weighted by molar-refractivity contribution is -0.137. The summed E-state index contributed by atoms with van der Waals surface area (Å²) in [4.78, 5) is 12.7. The maximum atomic E-state index is 13.4. The largest absolute Gasteiger partial charge is 0.496 e. The summed E-state index contributed by atoms with van der Waals surface area (Å²) in [6.07, 6.45) is -4.72. The minimum Gasteiger partial charge on any atom is -0.496 e. The Bertz CT molecular complexity index is 1320. The van der Waals surface area contributed by atoms with Gasteiger partial charge in [-0.1, -0.05) is 41.9 Å². The number of nitrogens with zero attached hydrogens (tertiary/aromatic N) is 1. The van der Waals surface area contributed by atoms with E-state index in [1.54, 1.807) is 37.3 Å². The highest BCUT2D eigenvalue weighted by Gasteiger charge is 2.34. The second kappa shape index (κ2) is 10.7. The van der Waals surface area contributed by atoms with Crippen LogP contribution in [0.25, 0.3) is 0 Å². The second-order valence-corrected chi connectivity index (χ2v) is 9.98. The number of aryl methyl sites for hydroxylation is 1. The highest BCUT2D eigenvalue weighted by Crippen LogP contribution is 2.36. The number of carbonyl (C=O) groups excluding carboxylic acids is 1. The Kier molecular flexibility index (Phi) is 8.09. The molecule has 6 nitrogen and oxygen atoms in total. The number of carbonyl (C=O) groups is 1. The maximum absolute atomic E-state index is 13.4. The molecule has 0 aliphatic heterocycles. The Morgan fingerprint density at radius 2 is 1.74 bits per heavy atom. The van der Waals surface area contributed by atoms with Crippen molar-refractivity contribution in [3.63, 3.8) is 0 Å². The quantitative estimate of drug-likeness (QED) is 0.420. The Morgan fingerprint density at radius 1 is 1.06 bits per heavy atom. The average Bonchev–Trinajstić information content (AvgIpc) is 2.79. The highest BCUT2D eigenvalue weighted by atomic mass is 35.5. The zero-order valence-electron chi connectivity index (χ0n) is 18.8. The molecule has 35 heavy (non-hydrogen) atoms. The molecule has 0 aromatic heterocycles. The number of methoxy groups -OCH3 is 1. The van der Waals surface area contributed by atoms with Gasteiger partial charge < -0.3 is 10.1 Å². The number of hydrogen-bond donors (Lipinski definition) is 1. The van der Waals surface area contributed by atoms with Crippen molar-refractivity contribution in [2.24, 2.45) is 0 Å². The molecule has 0 bridgehead atoms. The Balaban J connectivity index is 1.90. The Hall–Kier alpha value is -3.08. The monoisotopic (exact) mass is 526 g/mol. The minimum atomic E-state index is -4.72. The molecule has 0 heterocycles. The number of ether oxygens (including phenoxy) is 1. The molecule has 0 aliphatic rings. The molecule has 3 aromatic rings. The molecule has 0 aliphatic carbocycles. The number of rotatable bonds is 8. The van der Waals surface area contributed by atoms with E-state index < -0.39 is 39.2 Å². The van der Waals surface area contributed by atoms with Crippen LogP contribution in [-0.4, -0.2) is 32.3 Å². The number of nitrogens with one attached hydrogen (secondary N) is 1. The molecule has 0 unspecified atom stereocenters. The van der Waals surface area contributed by atoms with Gasteiger partial charge in [-0.2, -0.15) is 17.5 Å². The van der Waals surface area contributed by atoms with Gasteiger partial charge in [0.1, 0.15) is 5.75 Å². The molecule has 0 saturated carbocycles. The van der Waals surface area contributed by atoms with Crippen molar-refractivity contribution in [2.75, 3.05) is 19.0 Å². The first kappa shape index (κ1) is 26.5. The number of benzene rings is 3. The first-order valence-corrected chi connectivity index (χ1v) is 12.1. The van der Waals surface area contributed by atoms with Crippen molar-refractivity contribution in [2.45, 2.75) is 24.5 Å². The van der Waals surface area contributed by atoms with Gasteiger partial charge in [0, 0.05) is 12.2 Å². The van der Waals surface area contributed by atoms with Crippen molar-refractivity contribution in [1.29, 1.82) is 0 Å². The van der Waals surface area contributed by atoms with Crippen LogP contribution < -0.4 is 10.1 Å². The maximum Gasteiger partial charge on any atom is 0.417 e. The van der Waals surface area contributed by atoms with Crippen LogP contribution >= 0.6 is 11.6 Å². The van der Waals surface area contributed by atoms with Gasteiger partial charge in [-0.15, -0.1) is 0 Å². The predicted molar refractivity (Wildman–Crippen MR) is 127 cm³/mol. The van der Waals surface area contributed by atoms with Crippen molar-refractivity contribution in [3.8, 4) is 5.75 Å². The first-order chi connectivity index (χ1) is 16.4. The Morgan fingerprint density at radius 3 is 2.34 bits per heavy atom. The number of alkyl halides is 3. The normalized spacial score (nSPS) is 12.0. The molecule has 0 radical (unpaired) electrons. The highest BCUT2D eigenvalue weighted by molar-refractivity contribution is 7.89. The lowest BCUT2D eigenvalue weighted by atomic mass is 10.2. The lowest BCUT2D eigenvalue weighted by Gasteiger charge is -2.22. The van der Waals surface area contributed by atoms with Crippen LogP contribution in [0.15, 0.2) is 71.6 Å². The van der Waals surface area contributed by atoms with Gasteiger partial charge in [-0.05, 0) is 54.4 Å². The lowest BCUT2D eigenvalue weighted by Crippen LogP contribution is -2.37. The fourth-order valence-corrected chi connectivity index (χ4v) is 5.05. The van der Waals surface area contributed by atoms with E-state index in [1.165, 1.54) is 31.4 Å². The van der Waals surface area contributed by atoms with Crippen LogP contribution in [0.5, 0.6) is 5.75 Å². The molecule has 0 saturated heterocycles. The van der Waals surface area contributed by atoms with Crippen LogP contribution in [0.3, 0.4) is 0 Å². The summed E-state index contributed by atoms with van der Waals surface area (Å²) in [6.45, 7) is 0.924. The first-order valence-electron chi connectivity index (χ1n) is 10.3. The molecule has 11 heteroatoms. The minimum absolute atomic E-state index is 0.0506. The molecule has 0 spiro atoms. The van der Waals surface area contributed by atoms with Crippen LogP contribution in [-0.2, 0) is 27.5 Å². The van der Waals surface area contributed by atoms with Crippen molar-refractivity contribution in [3.05, 3.63) is 88.4 Å². The molecule has 186 valence electrons. The van der Waals surface area contributed by atoms with Crippen LogP contribution in [0.4, 0.5) is 18.9 Å². The van der Waals surface area contributed by atoms with Crippen LogP contribution in [0.1, 0.15) is 16.7 Å². The van der Waals surface area contributed by atoms with Gasteiger partial charge in [-0.3, -0.25) is 4.79 Å². The van der Waals surface area contributed by atoms with Crippen molar-refractivity contribution < 1.29 is 31.1 Å². The molecular weight excluding hydrogens is 505 g/mol. The summed E-state index contributed by atoms with van der Waals surface area (Å²) in [5.74, 6) is -0.315. The number of amides is 1. The van der Waals surface area contributed by atoms with E-state index in [4.69, 9.17) is 16.3 Å². The third-order valence-electron chi connectivity index (χ3n) is 5.08. The fourth-order valence-electron chi connectivity index (χ4n) is 3.35. The van der Waals surface area contributed by atoms with Crippen molar-refractivity contribution in [1.82, 2.24) is 4.31 Å². The van der Waals surface area contributed by atoms with Crippen LogP contribution in [0, 0.1) is 6.92 Å².